The average Bonchev–Trinajstić information content (AvgIpc) is 2.48. The quantitative estimate of drug-likeness (QED) is 0.807. The van der Waals surface area contributed by atoms with Gasteiger partial charge < -0.3 is 15.5 Å². The summed E-state index contributed by atoms with van der Waals surface area (Å²) in [6.07, 6.45) is -0.138. The number of hydrogen-bond acceptors (Lipinski definition) is 3. The van der Waals surface area contributed by atoms with E-state index in [9.17, 15) is 14.4 Å². The molecule has 1 aromatic carbocycles. The van der Waals surface area contributed by atoms with Crippen molar-refractivity contribution in [1.29, 1.82) is 0 Å². The summed E-state index contributed by atoms with van der Waals surface area (Å²) >= 11 is 11.4. The number of halogens is 2. The predicted octanol–water partition coefficient (Wildman–Crippen LogP) is 1.23. The number of nitrogens with zero attached hydrogens (tertiary/aromatic N) is 1. The second kappa shape index (κ2) is 7.47. The minimum Gasteiger partial charge on any atom is -0.353 e. The van der Waals surface area contributed by atoms with E-state index >= 15 is 0 Å². The molecule has 8 heteroatoms. The van der Waals surface area contributed by atoms with Crippen LogP contribution in [0.15, 0.2) is 24.3 Å². The third kappa shape index (κ3) is 4.11. The Balaban J connectivity index is 2.04. The molecule has 1 heterocycles. The van der Waals surface area contributed by atoms with Crippen molar-refractivity contribution in [1.82, 2.24) is 10.2 Å². The van der Waals surface area contributed by atoms with Gasteiger partial charge in [0.15, 0.2) is 0 Å². The zero-order valence-electron chi connectivity index (χ0n) is 11.6. The van der Waals surface area contributed by atoms with Crippen molar-refractivity contribution in [2.45, 2.75) is 12.5 Å². The Morgan fingerprint density at radius 3 is 2.86 bits per heavy atom. The van der Waals surface area contributed by atoms with Gasteiger partial charge in [-0.05, 0) is 18.2 Å². The van der Waals surface area contributed by atoms with Crippen LogP contribution in [-0.4, -0.2) is 47.6 Å². The number of nitrogens with one attached hydrogen (secondary N) is 2. The van der Waals surface area contributed by atoms with Gasteiger partial charge in [0.25, 0.3) is 0 Å². The number of carbonyl (C=O) groups is 3. The van der Waals surface area contributed by atoms with Gasteiger partial charge in [0.2, 0.25) is 17.7 Å². The van der Waals surface area contributed by atoms with Gasteiger partial charge in [-0.15, -0.1) is 11.6 Å². The molecule has 1 fully saturated rings. The molecule has 1 atom stereocenters. The van der Waals surface area contributed by atoms with Crippen molar-refractivity contribution in [2.75, 3.05) is 24.3 Å². The molecule has 1 aromatic rings. The summed E-state index contributed by atoms with van der Waals surface area (Å²) in [7, 11) is 0. The van der Waals surface area contributed by atoms with Crippen molar-refractivity contribution in [3.63, 3.8) is 0 Å². The van der Waals surface area contributed by atoms with Crippen molar-refractivity contribution in [3.05, 3.63) is 29.3 Å². The molecule has 6 nitrogen and oxygen atoms in total. The minimum absolute atomic E-state index is 0.138. The normalized spacial score (nSPS) is 17.8. The van der Waals surface area contributed by atoms with Crippen LogP contribution in [0.2, 0.25) is 5.02 Å². The summed E-state index contributed by atoms with van der Waals surface area (Å²) < 4.78 is 0. The van der Waals surface area contributed by atoms with Crippen molar-refractivity contribution in [2.24, 2.45) is 0 Å². The van der Waals surface area contributed by atoms with E-state index in [1.54, 1.807) is 24.3 Å². The fraction of sp³-hybridized carbons (Fsp3) is 0.357. The number of piperazine rings is 1. The third-order valence-electron chi connectivity index (χ3n) is 3.25. The van der Waals surface area contributed by atoms with Gasteiger partial charge in [0, 0.05) is 23.8 Å². The molecule has 118 valence electrons. The summed E-state index contributed by atoms with van der Waals surface area (Å²) in [5.74, 6) is -1.32. The first kappa shape index (κ1) is 16.6. The van der Waals surface area contributed by atoms with Crippen molar-refractivity contribution < 1.29 is 14.4 Å². The molecule has 0 spiro atoms. The molecule has 2 rings (SSSR count). The molecule has 0 saturated carbocycles. The lowest BCUT2D eigenvalue weighted by molar-refractivity contribution is -0.143. The van der Waals surface area contributed by atoms with Gasteiger partial charge in [-0.1, -0.05) is 17.7 Å². The second-order valence-electron chi connectivity index (χ2n) is 4.79. The van der Waals surface area contributed by atoms with Crippen LogP contribution in [-0.2, 0) is 14.4 Å². The number of rotatable bonds is 4. The first-order valence-electron chi connectivity index (χ1n) is 6.70. The Morgan fingerprint density at radius 2 is 2.18 bits per heavy atom. The highest BCUT2D eigenvalue weighted by Crippen LogP contribution is 2.16. The zero-order valence-corrected chi connectivity index (χ0v) is 13.2. The summed E-state index contributed by atoms with van der Waals surface area (Å²) in [5, 5.41) is 5.79. The van der Waals surface area contributed by atoms with E-state index in [1.165, 1.54) is 4.90 Å². The number of hydrogen-bond donors (Lipinski definition) is 2. The van der Waals surface area contributed by atoms with Gasteiger partial charge in [-0.3, -0.25) is 14.4 Å². The Hall–Kier alpha value is -1.79. The van der Waals surface area contributed by atoms with Gasteiger partial charge in [-0.25, -0.2) is 0 Å². The molecule has 0 radical (unpaired) electrons. The lowest BCUT2D eigenvalue weighted by Gasteiger charge is -2.34. The smallest absolute Gasteiger partial charge is 0.243 e. The molecule has 0 aliphatic carbocycles. The predicted molar refractivity (Wildman–Crippen MR) is 83.9 cm³/mol. The highest BCUT2D eigenvalue weighted by atomic mass is 35.5. The highest BCUT2D eigenvalue weighted by Gasteiger charge is 2.34. The van der Waals surface area contributed by atoms with E-state index in [0.717, 1.165) is 0 Å². The lowest BCUT2D eigenvalue weighted by atomic mass is 10.1. The lowest BCUT2D eigenvalue weighted by Crippen LogP contribution is -2.58. The number of alkyl halides is 1. The van der Waals surface area contributed by atoms with Gasteiger partial charge in [0.1, 0.15) is 11.9 Å². The van der Waals surface area contributed by atoms with Crippen LogP contribution in [0, 0.1) is 0 Å². The molecule has 1 aliphatic heterocycles. The molecular formula is C14H15Cl2N3O3. The molecule has 0 aromatic heterocycles. The van der Waals surface area contributed by atoms with Crippen molar-refractivity contribution in [3.8, 4) is 0 Å². The van der Waals surface area contributed by atoms with E-state index in [4.69, 9.17) is 23.2 Å². The van der Waals surface area contributed by atoms with E-state index in [2.05, 4.69) is 10.6 Å². The van der Waals surface area contributed by atoms with E-state index < -0.39 is 6.04 Å². The fourth-order valence-corrected chi connectivity index (χ4v) is 2.59. The summed E-state index contributed by atoms with van der Waals surface area (Å²) in [6.45, 7) is 0.695. The first-order chi connectivity index (χ1) is 10.5. The number of anilines is 1. The van der Waals surface area contributed by atoms with Crippen LogP contribution in [0.1, 0.15) is 6.42 Å². The monoisotopic (exact) mass is 343 g/mol. The zero-order chi connectivity index (χ0) is 16.1. The van der Waals surface area contributed by atoms with E-state index in [1.807, 2.05) is 0 Å². The standard InChI is InChI=1S/C14H15Cl2N3O3/c15-8-13(21)19-5-4-17-14(22)11(19)7-12(20)18-10-3-1-2-9(16)6-10/h1-3,6,11H,4-5,7-8H2,(H,17,22)(H,18,20). The van der Waals surface area contributed by atoms with Gasteiger partial charge in [0.05, 0.1) is 6.42 Å². The number of benzene rings is 1. The maximum Gasteiger partial charge on any atom is 0.243 e. The largest absolute Gasteiger partial charge is 0.353 e. The minimum atomic E-state index is -0.848. The van der Waals surface area contributed by atoms with Crippen LogP contribution in [0.25, 0.3) is 0 Å². The molecule has 0 bridgehead atoms. The van der Waals surface area contributed by atoms with Crippen LogP contribution >= 0.6 is 23.2 Å². The molecule has 1 aliphatic rings. The van der Waals surface area contributed by atoms with Gasteiger partial charge in [-0.2, -0.15) is 0 Å². The van der Waals surface area contributed by atoms with E-state index in [0.29, 0.717) is 23.8 Å². The Bertz CT molecular complexity index is 594. The summed E-state index contributed by atoms with van der Waals surface area (Å²) in [5.41, 5.74) is 0.531. The van der Waals surface area contributed by atoms with Crippen LogP contribution in [0.4, 0.5) is 5.69 Å². The Morgan fingerprint density at radius 1 is 1.41 bits per heavy atom. The fourth-order valence-electron chi connectivity index (χ4n) is 2.25. The number of carbonyl (C=O) groups excluding carboxylic acids is 3. The Labute approximate surface area is 137 Å². The van der Waals surface area contributed by atoms with Crippen LogP contribution < -0.4 is 10.6 Å². The average molecular weight is 344 g/mol. The summed E-state index contributed by atoms with van der Waals surface area (Å²) in [6, 6.07) is 5.83. The van der Waals surface area contributed by atoms with E-state index in [-0.39, 0.29) is 30.0 Å². The molecule has 3 amide bonds. The molecule has 2 N–H and O–H groups in total. The Kier molecular flexibility index (Phi) is 5.63. The SMILES string of the molecule is O=C(CC1C(=O)NCCN1C(=O)CCl)Nc1cccc(Cl)c1. The molecule has 1 unspecified atom stereocenters. The second-order valence-corrected chi connectivity index (χ2v) is 5.49. The summed E-state index contributed by atoms with van der Waals surface area (Å²) in [4.78, 5) is 37.1. The van der Waals surface area contributed by atoms with Gasteiger partial charge >= 0.3 is 0 Å². The molecular weight excluding hydrogens is 329 g/mol. The van der Waals surface area contributed by atoms with Crippen LogP contribution in [0.3, 0.4) is 0 Å². The van der Waals surface area contributed by atoms with Crippen LogP contribution in [0.5, 0.6) is 0 Å². The third-order valence-corrected chi connectivity index (χ3v) is 3.72. The van der Waals surface area contributed by atoms with Crippen molar-refractivity contribution >= 4 is 46.6 Å². The highest BCUT2D eigenvalue weighted by molar-refractivity contribution is 6.31. The maximum atomic E-state index is 12.1. The maximum absolute atomic E-state index is 12.1. The molecule has 1 saturated heterocycles. The topological polar surface area (TPSA) is 78.5 Å². The molecule has 22 heavy (non-hydrogen) atoms. The first-order valence-corrected chi connectivity index (χ1v) is 7.61. The number of amides is 3.